The summed E-state index contributed by atoms with van der Waals surface area (Å²) >= 11 is 0. The van der Waals surface area contributed by atoms with Gasteiger partial charge in [0, 0.05) is 54.1 Å². The molecule has 8 N–H and O–H groups in total. The lowest BCUT2D eigenvalue weighted by atomic mass is 9.98. The van der Waals surface area contributed by atoms with E-state index in [1.54, 1.807) is 44.2 Å². The molecule has 0 aromatic heterocycles. The van der Waals surface area contributed by atoms with Crippen molar-refractivity contribution in [1.82, 2.24) is 56.0 Å². The number of carboxylic acid groups (broad SMARTS) is 1. The molecule has 27 heteroatoms. The van der Waals surface area contributed by atoms with Crippen LogP contribution in [-0.4, -0.2) is 227 Å². The molecule has 1 heterocycles. The number of fused-ring (bicyclic) bond motifs is 3. The Morgan fingerprint density at radius 1 is 0.573 bits per heavy atom. The number of carbonyl (C=O) groups is 13. The Labute approximate surface area is 562 Å². The molecule has 0 radical (unpaired) electrons. The molecule has 3 aromatic rings. The van der Waals surface area contributed by atoms with Crippen LogP contribution in [0.1, 0.15) is 124 Å². The van der Waals surface area contributed by atoms with E-state index in [2.05, 4.69) is 26.6 Å². The molecule has 0 unspecified atom stereocenters. The smallest absolute Gasteiger partial charge is 0.410 e. The van der Waals surface area contributed by atoms with Crippen LogP contribution in [-0.2, 0) is 68.7 Å². The molecular weight excluding hydrogens is 1240 g/mol. The molecule has 27 nitrogen and oxygen atoms in total. The first-order chi connectivity index (χ1) is 45.1. The highest BCUT2D eigenvalue weighted by molar-refractivity contribution is 5.99. The largest absolute Gasteiger partial charge is 0.480 e. The Bertz CT molecular complexity index is 3280. The van der Waals surface area contributed by atoms with E-state index in [0.717, 1.165) is 41.9 Å². The molecule has 96 heavy (non-hydrogen) atoms. The summed E-state index contributed by atoms with van der Waals surface area (Å²) in [5.41, 5.74) is 10.1. The zero-order valence-electron chi connectivity index (χ0n) is 57.9. The van der Waals surface area contributed by atoms with Crippen LogP contribution in [0.2, 0.25) is 0 Å². The van der Waals surface area contributed by atoms with Gasteiger partial charge >= 0.3 is 12.1 Å². The Balaban J connectivity index is 1.19. The number of carboxylic acids is 1. The van der Waals surface area contributed by atoms with E-state index in [1.807, 2.05) is 76.2 Å². The normalized spacial score (nSPS) is 16.1. The topological polar surface area (TPSA) is 357 Å². The van der Waals surface area contributed by atoms with Crippen molar-refractivity contribution < 1.29 is 72.2 Å². The van der Waals surface area contributed by atoms with Crippen LogP contribution in [0.3, 0.4) is 0 Å². The second-order valence-electron chi connectivity index (χ2n) is 26.4. The number of hydrogen-bond acceptors (Lipinski definition) is 14. The first-order valence-corrected chi connectivity index (χ1v) is 32.6. The number of nitrogens with one attached hydrogen (secondary N) is 5. The van der Waals surface area contributed by atoms with E-state index in [1.165, 1.54) is 72.7 Å². The summed E-state index contributed by atoms with van der Waals surface area (Å²) < 4.78 is 5.78. The Morgan fingerprint density at radius 3 is 1.65 bits per heavy atom. The van der Waals surface area contributed by atoms with Gasteiger partial charge in [-0.3, -0.25) is 57.6 Å². The Kier molecular flexibility index (Phi) is 28.0. The maximum atomic E-state index is 14.7. The third-order valence-corrected chi connectivity index (χ3v) is 17.6. The molecule has 5 rings (SSSR count). The first kappa shape index (κ1) is 77.3. The van der Waals surface area contributed by atoms with Gasteiger partial charge in [-0.2, -0.15) is 0 Å². The molecule has 1 saturated heterocycles. The van der Waals surface area contributed by atoms with Gasteiger partial charge in [0.15, 0.2) is 0 Å². The lowest BCUT2D eigenvalue weighted by molar-refractivity contribution is -0.155. The fourth-order valence-corrected chi connectivity index (χ4v) is 12.1. The minimum absolute atomic E-state index is 0.0296. The lowest BCUT2D eigenvalue weighted by Crippen LogP contribution is -2.60. The molecule has 0 spiro atoms. The number of ether oxygens (including phenoxy) is 1. The van der Waals surface area contributed by atoms with Gasteiger partial charge < -0.3 is 66.7 Å². The zero-order chi connectivity index (χ0) is 71.7. The van der Waals surface area contributed by atoms with Crippen LogP contribution in [0.4, 0.5) is 4.79 Å². The fourth-order valence-electron chi connectivity index (χ4n) is 12.1. The number of aliphatic carboxylic acids is 1. The number of benzene rings is 3. The second kappa shape index (κ2) is 34.8. The molecule has 10 atom stereocenters. The van der Waals surface area contributed by atoms with Gasteiger partial charge in [0.2, 0.25) is 65.0 Å². The summed E-state index contributed by atoms with van der Waals surface area (Å²) in [6.07, 6.45) is -0.552. The van der Waals surface area contributed by atoms with E-state index in [9.17, 15) is 67.4 Å². The molecule has 0 bridgehead atoms. The molecule has 1 fully saturated rings. The van der Waals surface area contributed by atoms with E-state index < -0.39 is 156 Å². The van der Waals surface area contributed by atoms with Crippen molar-refractivity contribution in [3.8, 4) is 11.1 Å². The van der Waals surface area contributed by atoms with E-state index >= 15 is 0 Å². The van der Waals surface area contributed by atoms with E-state index in [4.69, 9.17) is 10.5 Å². The Morgan fingerprint density at radius 2 is 1.10 bits per heavy atom. The maximum absolute atomic E-state index is 14.7. The molecule has 0 saturated carbocycles. The van der Waals surface area contributed by atoms with Gasteiger partial charge in [-0.15, -0.1) is 0 Å². The SMILES string of the molecule is CC(C)C[C@H](NC(=O)[C@H](C)N(C)C(=O)OCC1c2ccccc2-c2ccccc21)C(=O)N(C)CC(=O)N[C@@H](C)C(=O)N[C@@H](CC(C)C)C(=O)N(C)[C@@H](Cc1ccccc1)C(=O)N[C@@H](C)C(=O)N1CCC[C@H]1C(=O)N[C@@H](C)C(=O)N(C)[C@H](C(=O)N(C)[C@@H](CC(N)=O)C(=O)O)C(C)C. The fraction of sp³-hybridized carbons (Fsp3) is 0.551. The van der Waals surface area contributed by atoms with Crippen LogP contribution in [0.25, 0.3) is 11.1 Å². The first-order valence-electron chi connectivity index (χ1n) is 32.6. The average Bonchev–Trinajstić information content (AvgIpc) is 1.62. The predicted octanol–water partition coefficient (Wildman–Crippen LogP) is 2.62. The molecule has 3 aromatic carbocycles. The molecule has 2 aliphatic rings. The maximum Gasteiger partial charge on any atom is 0.410 e. The third kappa shape index (κ3) is 20.1. The van der Waals surface area contributed by atoms with Crippen LogP contribution in [0, 0.1) is 17.8 Å². The molecule has 1 aliphatic carbocycles. The van der Waals surface area contributed by atoms with Gasteiger partial charge in [-0.05, 0) is 98.9 Å². The van der Waals surface area contributed by atoms with Crippen molar-refractivity contribution in [2.45, 2.75) is 174 Å². The number of primary amides is 1. The van der Waals surface area contributed by atoms with Crippen LogP contribution < -0.4 is 32.3 Å². The lowest BCUT2D eigenvalue weighted by Gasteiger charge is -2.36. The monoisotopic (exact) mass is 1330 g/mol. The summed E-state index contributed by atoms with van der Waals surface area (Å²) in [6, 6.07) is 12.3. The van der Waals surface area contributed by atoms with Crippen LogP contribution in [0.15, 0.2) is 78.9 Å². The number of likely N-dealkylation sites (N-methyl/N-ethyl adjacent to an activating group) is 5. The summed E-state index contributed by atoms with van der Waals surface area (Å²) in [5, 5.41) is 23.2. The standard InChI is InChI=1S/C69H98N12O15/c1-38(2)32-51(75-60(85)44(10)77(12)69(95)96-37-50-48-28-21-19-26-46(48)47-27-20-22-29-49(47)50)65(90)76(11)36-57(83)71-41(7)59(84)74-52(33-39(3)4)66(91)78(13)54(34-45-24-17-16-18-25-45)62(87)73-43(9)64(89)81-31-23-30-53(81)61(86)72-42(8)63(88)80(15)58(40(5)6)67(92)79(14)55(68(93)94)35-56(70)82/h16-22,24-29,38-44,50-55,58H,23,30-37H2,1-15H3,(H2,70,82)(H,71,83)(H,72,86)(H,73,87)(H,74,84)(H,75,85)(H,93,94)/t41-,42-,43-,44-,51-,52-,53-,54-,55-,58-/m0/s1. The summed E-state index contributed by atoms with van der Waals surface area (Å²) in [5.74, 6) is -10.4. The van der Waals surface area contributed by atoms with Crippen LogP contribution >= 0.6 is 0 Å². The van der Waals surface area contributed by atoms with Gasteiger partial charge in [0.25, 0.3) is 0 Å². The van der Waals surface area contributed by atoms with Gasteiger partial charge in [-0.25, -0.2) is 9.59 Å². The molecule has 1 aliphatic heterocycles. The van der Waals surface area contributed by atoms with Gasteiger partial charge in [-0.1, -0.05) is 120 Å². The second-order valence-corrected chi connectivity index (χ2v) is 26.4. The van der Waals surface area contributed by atoms with E-state index in [0.29, 0.717) is 12.0 Å². The van der Waals surface area contributed by atoms with Crippen molar-refractivity contribution in [2.24, 2.45) is 23.5 Å². The van der Waals surface area contributed by atoms with Crippen molar-refractivity contribution in [3.63, 3.8) is 0 Å². The Hall–Kier alpha value is -9.43. The summed E-state index contributed by atoms with van der Waals surface area (Å²) in [7, 11) is 6.71. The molecule has 524 valence electrons. The van der Waals surface area contributed by atoms with Crippen molar-refractivity contribution in [2.75, 3.05) is 54.9 Å². The minimum Gasteiger partial charge on any atom is -0.480 e. The number of likely N-dealkylation sites (tertiary alicyclic amines) is 1. The summed E-state index contributed by atoms with van der Waals surface area (Å²) in [4.78, 5) is 184. The number of hydrogen-bond donors (Lipinski definition) is 7. The van der Waals surface area contributed by atoms with E-state index in [-0.39, 0.29) is 56.6 Å². The number of rotatable bonds is 32. The van der Waals surface area contributed by atoms with Gasteiger partial charge in [0.05, 0.1) is 13.0 Å². The average molecular weight is 1340 g/mol. The quantitative estimate of drug-likeness (QED) is 0.0473. The van der Waals surface area contributed by atoms with Crippen molar-refractivity contribution in [3.05, 3.63) is 95.6 Å². The molecular formula is C69H98N12O15. The minimum atomic E-state index is -1.60. The molecule has 12 amide bonds. The predicted molar refractivity (Wildman–Crippen MR) is 356 cm³/mol. The number of carbonyl (C=O) groups excluding carboxylic acids is 12. The van der Waals surface area contributed by atoms with Crippen molar-refractivity contribution in [1.29, 1.82) is 0 Å². The summed E-state index contributed by atoms with van der Waals surface area (Å²) in [6.45, 7) is 16.0. The highest BCUT2D eigenvalue weighted by Crippen LogP contribution is 2.44. The number of amides is 12. The highest BCUT2D eigenvalue weighted by Gasteiger charge is 2.43. The van der Waals surface area contributed by atoms with Crippen molar-refractivity contribution >= 4 is 77.0 Å². The highest BCUT2D eigenvalue weighted by atomic mass is 16.6. The third-order valence-electron chi connectivity index (χ3n) is 17.6. The number of nitrogens with two attached hydrogens (primary N) is 1. The number of nitrogens with zero attached hydrogens (tertiary/aromatic N) is 6. The van der Waals surface area contributed by atoms with Crippen LogP contribution in [0.5, 0.6) is 0 Å². The zero-order valence-corrected chi connectivity index (χ0v) is 57.9. The van der Waals surface area contributed by atoms with Gasteiger partial charge in [0.1, 0.15) is 67.0 Å².